The van der Waals surface area contributed by atoms with Crippen LogP contribution in [-0.2, 0) is 0 Å². The van der Waals surface area contributed by atoms with Crippen molar-refractivity contribution in [2.24, 2.45) is 0 Å². The number of rotatable bonds is 3. The first-order valence-electron chi connectivity index (χ1n) is 15.3. The third-order valence-electron chi connectivity index (χ3n) is 9.21. The summed E-state index contributed by atoms with van der Waals surface area (Å²) in [5.41, 5.74) is 7.55. The van der Waals surface area contributed by atoms with E-state index in [-0.39, 0.29) is 0 Å². The van der Waals surface area contributed by atoms with Gasteiger partial charge in [-0.1, -0.05) is 152 Å². The number of benzene rings is 9. The average molecular weight is 557 g/mol. The summed E-state index contributed by atoms with van der Waals surface area (Å²) >= 11 is 0. The molecular formula is C44H28. The molecule has 0 saturated heterocycles. The third-order valence-corrected chi connectivity index (χ3v) is 9.21. The molecule has 204 valence electrons. The van der Waals surface area contributed by atoms with Gasteiger partial charge in [0, 0.05) is 0 Å². The molecule has 0 heteroatoms. The normalized spacial score (nSPS) is 11.6. The second-order valence-corrected chi connectivity index (χ2v) is 11.7. The van der Waals surface area contributed by atoms with Crippen molar-refractivity contribution >= 4 is 53.9 Å². The molecule has 0 atom stereocenters. The quantitative estimate of drug-likeness (QED) is 0.150. The lowest BCUT2D eigenvalue weighted by Crippen LogP contribution is -1.93. The first-order chi connectivity index (χ1) is 21.8. The minimum atomic E-state index is 1.23. The Bertz CT molecular complexity index is 2540. The van der Waals surface area contributed by atoms with Gasteiger partial charge in [-0.05, 0) is 105 Å². The Morgan fingerprint density at radius 1 is 0.227 bits per heavy atom. The number of hydrogen-bond acceptors (Lipinski definition) is 0. The van der Waals surface area contributed by atoms with Gasteiger partial charge in [-0.2, -0.15) is 0 Å². The Kier molecular flexibility index (Phi) is 5.61. The minimum Gasteiger partial charge on any atom is -0.0622 e. The van der Waals surface area contributed by atoms with E-state index in [0.29, 0.717) is 0 Å². The molecule has 44 heavy (non-hydrogen) atoms. The molecule has 9 rings (SSSR count). The maximum absolute atomic E-state index is 2.42. The predicted octanol–water partition coefficient (Wildman–Crippen LogP) is 12.5. The van der Waals surface area contributed by atoms with Crippen molar-refractivity contribution in [1.82, 2.24) is 0 Å². The highest BCUT2D eigenvalue weighted by Gasteiger charge is 2.19. The molecule has 0 aliphatic heterocycles. The van der Waals surface area contributed by atoms with E-state index in [1.807, 2.05) is 0 Å². The predicted molar refractivity (Wildman–Crippen MR) is 190 cm³/mol. The van der Waals surface area contributed by atoms with Gasteiger partial charge in [0.25, 0.3) is 0 Å². The molecule has 0 nitrogen and oxygen atoms in total. The van der Waals surface area contributed by atoms with E-state index < -0.39 is 0 Å². The van der Waals surface area contributed by atoms with Crippen LogP contribution >= 0.6 is 0 Å². The van der Waals surface area contributed by atoms with Gasteiger partial charge >= 0.3 is 0 Å². The molecule has 0 aromatic heterocycles. The fraction of sp³-hybridized carbons (Fsp3) is 0. The van der Waals surface area contributed by atoms with E-state index in [1.165, 1.54) is 87.2 Å². The molecular weight excluding hydrogens is 528 g/mol. The standard InChI is InChI=1S/C44H28/c1-2-13-30(14-3-1)43-38-20-10-11-21-39(38)44(41-28-34-16-6-7-17-35(34)36-18-8-9-19-37(36)41)40-25-24-33(27-42(40)43)32-23-22-29-12-4-5-15-31(29)26-32/h1-28H. The smallest absolute Gasteiger partial charge is 0.00199 e. The largest absolute Gasteiger partial charge is 0.0622 e. The van der Waals surface area contributed by atoms with Crippen LogP contribution in [0.25, 0.3) is 87.2 Å². The lowest BCUT2D eigenvalue weighted by molar-refractivity contribution is 1.65. The summed E-state index contributed by atoms with van der Waals surface area (Å²) < 4.78 is 0. The Labute approximate surface area is 256 Å². The maximum atomic E-state index is 2.42. The fourth-order valence-electron chi connectivity index (χ4n) is 7.19. The lowest BCUT2D eigenvalue weighted by Gasteiger charge is -2.20. The highest BCUT2D eigenvalue weighted by atomic mass is 14.2. The summed E-state index contributed by atoms with van der Waals surface area (Å²) in [6.07, 6.45) is 0. The SMILES string of the molecule is c1ccc(-c2c3ccccc3c(-c3cc4ccccc4c4ccccc34)c3ccc(-c4ccc5ccccc5c4)cc23)cc1. The van der Waals surface area contributed by atoms with Gasteiger partial charge in [0.2, 0.25) is 0 Å². The van der Waals surface area contributed by atoms with Crippen molar-refractivity contribution in [2.45, 2.75) is 0 Å². The molecule has 9 aromatic rings. The molecule has 0 fully saturated rings. The van der Waals surface area contributed by atoms with Crippen LogP contribution in [-0.4, -0.2) is 0 Å². The minimum absolute atomic E-state index is 1.23. The second-order valence-electron chi connectivity index (χ2n) is 11.7. The zero-order valence-electron chi connectivity index (χ0n) is 24.2. The molecule has 0 saturated carbocycles. The summed E-state index contributed by atoms with van der Waals surface area (Å²) in [6, 6.07) is 62.4. The Morgan fingerprint density at radius 2 is 0.773 bits per heavy atom. The summed E-state index contributed by atoms with van der Waals surface area (Å²) in [7, 11) is 0. The van der Waals surface area contributed by atoms with Crippen molar-refractivity contribution in [1.29, 1.82) is 0 Å². The lowest BCUT2D eigenvalue weighted by atomic mass is 9.83. The molecule has 0 amide bonds. The van der Waals surface area contributed by atoms with Crippen molar-refractivity contribution in [2.75, 3.05) is 0 Å². The van der Waals surface area contributed by atoms with Crippen molar-refractivity contribution in [3.8, 4) is 33.4 Å². The van der Waals surface area contributed by atoms with Gasteiger partial charge in [-0.3, -0.25) is 0 Å². The van der Waals surface area contributed by atoms with Crippen LogP contribution in [0, 0.1) is 0 Å². The van der Waals surface area contributed by atoms with E-state index in [1.54, 1.807) is 0 Å². The van der Waals surface area contributed by atoms with E-state index in [9.17, 15) is 0 Å². The van der Waals surface area contributed by atoms with E-state index in [0.717, 1.165) is 0 Å². The molecule has 0 aliphatic rings. The van der Waals surface area contributed by atoms with E-state index in [2.05, 4.69) is 170 Å². The average Bonchev–Trinajstić information content (AvgIpc) is 3.10. The zero-order valence-corrected chi connectivity index (χ0v) is 24.2. The van der Waals surface area contributed by atoms with Gasteiger partial charge < -0.3 is 0 Å². The van der Waals surface area contributed by atoms with Crippen LogP contribution in [0.15, 0.2) is 170 Å². The molecule has 9 aromatic carbocycles. The third kappa shape index (κ3) is 3.85. The van der Waals surface area contributed by atoms with Crippen LogP contribution in [0.2, 0.25) is 0 Å². The topological polar surface area (TPSA) is 0 Å². The Balaban J connectivity index is 1.44. The van der Waals surface area contributed by atoms with Crippen LogP contribution in [0.5, 0.6) is 0 Å². The van der Waals surface area contributed by atoms with Gasteiger partial charge in [-0.15, -0.1) is 0 Å². The Morgan fingerprint density at radius 3 is 1.57 bits per heavy atom. The summed E-state index contributed by atoms with van der Waals surface area (Å²) in [5.74, 6) is 0. The van der Waals surface area contributed by atoms with Crippen molar-refractivity contribution in [3.63, 3.8) is 0 Å². The molecule has 0 unspecified atom stereocenters. The molecule has 0 bridgehead atoms. The fourth-order valence-corrected chi connectivity index (χ4v) is 7.19. The first-order valence-corrected chi connectivity index (χ1v) is 15.3. The molecule has 0 N–H and O–H groups in total. The van der Waals surface area contributed by atoms with Crippen molar-refractivity contribution < 1.29 is 0 Å². The first kappa shape index (κ1) is 24.8. The van der Waals surface area contributed by atoms with Gasteiger partial charge in [-0.25, -0.2) is 0 Å². The highest BCUT2D eigenvalue weighted by molar-refractivity contribution is 6.26. The maximum Gasteiger partial charge on any atom is -0.00199 e. The van der Waals surface area contributed by atoms with Gasteiger partial charge in [0.15, 0.2) is 0 Å². The highest BCUT2D eigenvalue weighted by Crippen LogP contribution is 2.47. The monoisotopic (exact) mass is 556 g/mol. The number of hydrogen-bond donors (Lipinski definition) is 0. The van der Waals surface area contributed by atoms with Crippen molar-refractivity contribution in [3.05, 3.63) is 170 Å². The summed E-state index contributed by atoms with van der Waals surface area (Å²) in [6.45, 7) is 0. The Hall–Kier alpha value is -5.72. The number of fused-ring (bicyclic) bond motifs is 6. The van der Waals surface area contributed by atoms with Gasteiger partial charge in [0.1, 0.15) is 0 Å². The van der Waals surface area contributed by atoms with Crippen LogP contribution in [0.1, 0.15) is 0 Å². The van der Waals surface area contributed by atoms with Crippen LogP contribution in [0.4, 0.5) is 0 Å². The summed E-state index contributed by atoms with van der Waals surface area (Å²) in [4.78, 5) is 0. The molecule has 0 spiro atoms. The van der Waals surface area contributed by atoms with Crippen LogP contribution < -0.4 is 0 Å². The molecule has 0 heterocycles. The summed E-state index contributed by atoms with van der Waals surface area (Å²) in [5, 5.41) is 12.7. The van der Waals surface area contributed by atoms with E-state index in [4.69, 9.17) is 0 Å². The molecule has 0 aliphatic carbocycles. The zero-order chi connectivity index (χ0) is 29.0. The second kappa shape index (κ2) is 9.93. The van der Waals surface area contributed by atoms with Crippen LogP contribution in [0.3, 0.4) is 0 Å². The van der Waals surface area contributed by atoms with E-state index >= 15 is 0 Å². The van der Waals surface area contributed by atoms with Gasteiger partial charge in [0.05, 0.1) is 0 Å². The molecule has 0 radical (unpaired) electrons.